The van der Waals surface area contributed by atoms with Gasteiger partial charge in [0.15, 0.2) is 0 Å². The van der Waals surface area contributed by atoms with E-state index in [1.807, 2.05) is 18.2 Å². The highest BCUT2D eigenvalue weighted by Gasteiger charge is 2.19. The summed E-state index contributed by atoms with van der Waals surface area (Å²) in [5.74, 6) is -0.928. The van der Waals surface area contributed by atoms with Crippen LogP contribution in [-0.4, -0.2) is 23.4 Å². The van der Waals surface area contributed by atoms with Gasteiger partial charge in [-0.3, -0.25) is 14.2 Å². The quantitative estimate of drug-likeness (QED) is 0.250. The number of benzene rings is 3. The Hall–Kier alpha value is -4.25. The summed E-state index contributed by atoms with van der Waals surface area (Å²) >= 11 is 7.11. The molecule has 0 fully saturated rings. The highest BCUT2D eigenvalue weighted by Crippen LogP contribution is 2.14. The Morgan fingerprint density at radius 3 is 2.21 bits per heavy atom. The number of aryl methyl sites for hydroxylation is 1. The van der Waals surface area contributed by atoms with Gasteiger partial charge in [-0.1, -0.05) is 61.3 Å². The highest BCUT2D eigenvalue weighted by molar-refractivity contribution is 7.07. The van der Waals surface area contributed by atoms with Gasteiger partial charge in [0.25, 0.3) is 5.56 Å². The number of esters is 1. The highest BCUT2D eigenvalue weighted by atomic mass is 35.5. The van der Waals surface area contributed by atoms with Gasteiger partial charge < -0.3 is 4.74 Å². The van der Waals surface area contributed by atoms with Crippen molar-refractivity contribution in [2.45, 2.75) is 19.8 Å². The molecule has 8 heteroatoms. The molecule has 0 aliphatic carbocycles. The lowest BCUT2D eigenvalue weighted by Gasteiger charge is -2.05. The Morgan fingerprint density at radius 2 is 1.63 bits per heavy atom. The van der Waals surface area contributed by atoms with E-state index in [-0.39, 0.29) is 15.8 Å². The molecule has 190 valence electrons. The number of ketones is 1. The van der Waals surface area contributed by atoms with Crippen molar-refractivity contribution in [2.24, 2.45) is 0 Å². The maximum Gasteiger partial charge on any atom is 0.337 e. The van der Waals surface area contributed by atoms with Crippen LogP contribution < -0.4 is 14.8 Å². The second-order valence-electron chi connectivity index (χ2n) is 8.41. The lowest BCUT2D eigenvalue weighted by Crippen LogP contribution is -2.31. The molecular weight excluding hydrogens is 520 g/mol. The maximum atomic E-state index is 13.6. The van der Waals surface area contributed by atoms with Crippen molar-refractivity contribution in [3.8, 4) is 11.8 Å². The van der Waals surface area contributed by atoms with Gasteiger partial charge in [-0.05, 0) is 60.0 Å². The van der Waals surface area contributed by atoms with Crippen LogP contribution in [0.2, 0.25) is 5.02 Å². The third kappa shape index (κ3) is 5.67. The molecule has 0 N–H and O–H groups in total. The van der Waals surface area contributed by atoms with E-state index in [1.165, 1.54) is 11.7 Å². The molecule has 3 aromatic carbocycles. The van der Waals surface area contributed by atoms with Crippen LogP contribution >= 0.6 is 22.9 Å². The molecule has 0 bridgehead atoms. The van der Waals surface area contributed by atoms with Crippen LogP contribution in [0, 0.1) is 11.3 Å². The summed E-state index contributed by atoms with van der Waals surface area (Å²) in [4.78, 5) is 38.8. The van der Waals surface area contributed by atoms with E-state index in [0.717, 1.165) is 29.7 Å². The molecule has 4 aromatic rings. The van der Waals surface area contributed by atoms with E-state index in [1.54, 1.807) is 66.7 Å². The summed E-state index contributed by atoms with van der Waals surface area (Å²) in [6, 6.07) is 22.4. The number of thiazole rings is 1. The number of halogens is 1. The minimum absolute atomic E-state index is 0.133. The van der Waals surface area contributed by atoms with Crippen molar-refractivity contribution in [3.05, 3.63) is 120 Å². The molecule has 1 aromatic heterocycles. The van der Waals surface area contributed by atoms with Crippen LogP contribution in [0.4, 0.5) is 0 Å². The first-order valence-electron chi connectivity index (χ1n) is 11.8. The van der Waals surface area contributed by atoms with Gasteiger partial charge in [-0.2, -0.15) is 5.26 Å². The number of Topliss-reactive ketones (excluding diaryl/α,β-unsaturated/α-hetero) is 1. The third-order valence-corrected chi connectivity index (χ3v) is 7.19. The number of nitrogens with zero attached hydrogens (tertiary/aromatic N) is 2. The van der Waals surface area contributed by atoms with Crippen molar-refractivity contribution in [3.63, 3.8) is 0 Å². The van der Waals surface area contributed by atoms with Crippen LogP contribution in [0.5, 0.6) is 0 Å². The molecule has 0 spiro atoms. The van der Waals surface area contributed by atoms with Gasteiger partial charge in [-0.25, -0.2) is 4.79 Å². The number of methoxy groups -OCH3 is 1. The second-order valence-corrected chi connectivity index (χ2v) is 9.88. The molecular formula is C30H23ClN2O4S. The number of hydrogen-bond acceptors (Lipinski definition) is 6. The molecule has 0 atom stereocenters. The molecule has 1 heterocycles. The molecule has 4 rings (SSSR count). The molecule has 0 unspecified atom stereocenters. The van der Waals surface area contributed by atoms with Crippen molar-refractivity contribution in [1.82, 2.24) is 4.57 Å². The Morgan fingerprint density at radius 1 is 1.00 bits per heavy atom. The van der Waals surface area contributed by atoms with Crippen molar-refractivity contribution >= 4 is 46.3 Å². The zero-order chi connectivity index (χ0) is 27.2. The molecule has 6 nitrogen and oxygen atoms in total. The summed E-state index contributed by atoms with van der Waals surface area (Å²) in [6.45, 7) is 2.08. The largest absolute Gasteiger partial charge is 0.465 e. The van der Waals surface area contributed by atoms with E-state index < -0.39 is 11.8 Å². The molecule has 0 aliphatic heterocycles. The fourth-order valence-corrected chi connectivity index (χ4v) is 5.14. The Kier molecular flexibility index (Phi) is 8.37. The Labute approximate surface area is 228 Å². The van der Waals surface area contributed by atoms with Gasteiger partial charge in [0, 0.05) is 10.6 Å². The van der Waals surface area contributed by atoms with Gasteiger partial charge in [-0.15, -0.1) is 11.3 Å². The smallest absolute Gasteiger partial charge is 0.337 e. The first kappa shape index (κ1) is 26.8. The van der Waals surface area contributed by atoms with Gasteiger partial charge >= 0.3 is 5.97 Å². The summed E-state index contributed by atoms with van der Waals surface area (Å²) < 4.78 is 6.63. The van der Waals surface area contributed by atoms with Crippen LogP contribution in [0.1, 0.15) is 45.2 Å². The second kappa shape index (κ2) is 11.9. The van der Waals surface area contributed by atoms with Crippen molar-refractivity contribution < 1.29 is 14.3 Å². The number of rotatable bonds is 7. The van der Waals surface area contributed by atoms with E-state index in [4.69, 9.17) is 16.3 Å². The Bertz CT molecular complexity index is 1710. The van der Waals surface area contributed by atoms with E-state index in [9.17, 15) is 19.6 Å². The fourth-order valence-electron chi connectivity index (χ4n) is 3.91. The van der Waals surface area contributed by atoms with E-state index in [2.05, 4.69) is 6.92 Å². The lowest BCUT2D eigenvalue weighted by molar-refractivity contribution is 0.0600. The fraction of sp³-hybridized carbons (Fsp3) is 0.133. The lowest BCUT2D eigenvalue weighted by atomic mass is 10.0. The molecule has 0 saturated carbocycles. The van der Waals surface area contributed by atoms with Crippen LogP contribution in [0.3, 0.4) is 0 Å². The maximum absolute atomic E-state index is 13.6. The summed E-state index contributed by atoms with van der Waals surface area (Å²) in [5, 5.41) is 10.6. The zero-order valence-electron chi connectivity index (χ0n) is 20.7. The van der Waals surface area contributed by atoms with Crippen LogP contribution in [0.25, 0.3) is 17.3 Å². The molecule has 0 amide bonds. The number of carbonyl (C=O) groups is 2. The average molecular weight is 543 g/mol. The Balaban J connectivity index is 1.93. The van der Waals surface area contributed by atoms with Gasteiger partial charge in [0.2, 0.25) is 5.78 Å². The van der Waals surface area contributed by atoms with E-state index in [0.29, 0.717) is 31.9 Å². The summed E-state index contributed by atoms with van der Waals surface area (Å²) in [7, 11) is 1.30. The van der Waals surface area contributed by atoms with Crippen LogP contribution in [0.15, 0.2) is 77.6 Å². The molecule has 0 radical (unpaired) electrons. The molecule has 38 heavy (non-hydrogen) atoms. The first-order valence-corrected chi connectivity index (χ1v) is 13.0. The predicted octanol–water partition coefficient (Wildman–Crippen LogP) is 4.68. The number of hydrogen-bond donors (Lipinski definition) is 0. The minimum Gasteiger partial charge on any atom is -0.465 e. The summed E-state index contributed by atoms with van der Waals surface area (Å²) in [6.07, 6.45) is 3.53. The standard InChI is InChI=1S/C30H23ClN2O4S/c1-3-4-19-5-9-21(10-6-19)27(34)25(18-32)29-33(24-15-13-23(31)14-16-24)28(35)26(38-29)17-20-7-11-22(12-8-20)30(36)37-2/h5-17H,3-4H2,1-2H3/b26-17-,29-25+. The number of ether oxygens (including phenoxy) is 1. The predicted molar refractivity (Wildman–Crippen MR) is 149 cm³/mol. The number of carbonyl (C=O) groups excluding carboxylic acids is 2. The first-order chi connectivity index (χ1) is 18.4. The number of nitriles is 1. The monoisotopic (exact) mass is 542 g/mol. The van der Waals surface area contributed by atoms with E-state index >= 15 is 0 Å². The zero-order valence-corrected chi connectivity index (χ0v) is 22.3. The molecule has 0 saturated heterocycles. The minimum atomic E-state index is -0.464. The van der Waals surface area contributed by atoms with Crippen molar-refractivity contribution in [2.75, 3.05) is 7.11 Å². The number of aromatic nitrogens is 1. The SMILES string of the molecule is CCCc1ccc(C(=O)/C(C#N)=c2/s/c(=C\c3ccc(C(=O)OC)cc3)c(=O)n2-c2ccc(Cl)cc2)cc1. The average Bonchev–Trinajstić information content (AvgIpc) is 3.25. The van der Waals surface area contributed by atoms with Gasteiger partial charge in [0.1, 0.15) is 16.3 Å². The summed E-state index contributed by atoms with van der Waals surface area (Å²) in [5.41, 5.74) is 2.48. The van der Waals surface area contributed by atoms with Crippen LogP contribution in [-0.2, 0) is 11.2 Å². The van der Waals surface area contributed by atoms with Crippen molar-refractivity contribution in [1.29, 1.82) is 5.26 Å². The topological polar surface area (TPSA) is 89.2 Å². The third-order valence-electron chi connectivity index (χ3n) is 5.85. The normalized spacial score (nSPS) is 12.1. The molecule has 0 aliphatic rings. The van der Waals surface area contributed by atoms with Gasteiger partial charge in [0.05, 0.1) is 22.9 Å².